The molecule has 0 aliphatic carbocycles. The number of nitrogens with one attached hydrogen (secondary N) is 1. The molecule has 0 heterocycles. The second-order valence-corrected chi connectivity index (χ2v) is 8.72. The van der Waals surface area contributed by atoms with Gasteiger partial charge in [0.25, 0.3) is 15.0 Å². The average molecular weight is 463 g/mol. The average Bonchev–Trinajstić information content (AvgIpc) is 2.60. The Morgan fingerprint density at radius 3 is 2.23 bits per heavy atom. The van der Waals surface area contributed by atoms with Crippen LogP contribution in [0.25, 0.3) is 0 Å². The zero-order valence-corrected chi connectivity index (χ0v) is 17.2. The summed E-state index contributed by atoms with van der Waals surface area (Å²) in [5, 5.41) is 2.75. The molecule has 2 rings (SSSR count). The predicted octanol–water partition coefficient (Wildman–Crippen LogP) is 3.37. The number of methoxy groups -OCH3 is 2. The van der Waals surface area contributed by atoms with E-state index in [0.717, 1.165) is 4.47 Å². The SMILES string of the molecule is COc1cc(CCNC(=O)c2ccc(Br)cc2)c(S(=O)(=O)Cl)cc1OC. The normalized spacial score (nSPS) is 11.1. The summed E-state index contributed by atoms with van der Waals surface area (Å²) in [6.45, 7) is 0.226. The van der Waals surface area contributed by atoms with Crippen molar-refractivity contribution < 1.29 is 22.7 Å². The summed E-state index contributed by atoms with van der Waals surface area (Å²) in [6.07, 6.45) is 0.254. The van der Waals surface area contributed by atoms with Crippen molar-refractivity contribution in [3.05, 3.63) is 52.0 Å². The molecule has 140 valence electrons. The van der Waals surface area contributed by atoms with Crippen LogP contribution in [-0.2, 0) is 15.5 Å². The third-order valence-corrected chi connectivity index (χ3v) is 5.55. The van der Waals surface area contributed by atoms with E-state index in [2.05, 4.69) is 21.2 Å². The van der Waals surface area contributed by atoms with Crippen LogP contribution in [0, 0.1) is 0 Å². The van der Waals surface area contributed by atoms with E-state index in [0.29, 0.717) is 16.9 Å². The maximum Gasteiger partial charge on any atom is 0.261 e. The maximum atomic E-state index is 12.1. The molecule has 0 saturated heterocycles. The number of amides is 1. The fourth-order valence-corrected chi connectivity index (χ4v) is 3.76. The van der Waals surface area contributed by atoms with E-state index >= 15 is 0 Å². The van der Waals surface area contributed by atoms with Crippen LogP contribution >= 0.6 is 26.6 Å². The van der Waals surface area contributed by atoms with Crippen molar-refractivity contribution in [2.45, 2.75) is 11.3 Å². The standard InChI is InChI=1S/C17H17BrClNO5S/c1-24-14-9-12(16(26(19,22)23)10-15(14)25-2)7-8-20-17(21)11-3-5-13(18)6-4-11/h3-6,9-10H,7-8H2,1-2H3,(H,20,21). The fourth-order valence-electron chi connectivity index (χ4n) is 2.34. The number of carbonyl (C=O) groups excluding carboxylic acids is 1. The lowest BCUT2D eigenvalue weighted by molar-refractivity contribution is 0.0954. The molecular formula is C17H17BrClNO5S. The van der Waals surface area contributed by atoms with Gasteiger partial charge in [0, 0.05) is 33.3 Å². The number of carbonyl (C=O) groups is 1. The highest BCUT2D eigenvalue weighted by atomic mass is 79.9. The molecule has 2 aromatic rings. The first-order valence-corrected chi connectivity index (χ1v) is 10.6. The van der Waals surface area contributed by atoms with Gasteiger partial charge in [-0.15, -0.1) is 0 Å². The Morgan fingerprint density at radius 1 is 1.12 bits per heavy atom. The zero-order chi connectivity index (χ0) is 19.3. The van der Waals surface area contributed by atoms with Crippen LogP contribution in [0.5, 0.6) is 11.5 Å². The number of ether oxygens (including phenoxy) is 2. The first-order chi connectivity index (χ1) is 12.3. The second kappa shape index (κ2) is 8.75. The minimum atomic E-state index is -3.98. The Kier molecular flexibility index (Phi) is 6.91. The quantitative estimate of drug-likeness (QED) is 0.638. The molecule has 1 amide bonds. The van der Waals surface area contributed by atoms with E-state index in [1.807, 2.05) is 0 Å². The van der Waals surface area contributed by atoms with Crippen LogP contribution in [0.4, 0.5) is 0 Å². The Hall–Kier alpha value is -1.77. The Morgan fingerprint density at radius 2 is 1.69 bits per heavy atom. The largest absolute Gasteiger partial charge is 0.493 e. The highest BCUT2D eigenvalue weighted by Gasteiger charge is 2.20. The van der Waals surface area contributed by atoms with Gasteiger partial charge >= 0.3 is 0 Å². The summed E-state index contributed by atoms with van der Waals surface area (Å²) in [4.78, 5) is 12.1. The minimum Gasteiger partial charge on any atom is -0.493 e. The lowest BCUT2D eigenvalue weighted by atomic mass is 10.1. The molecule has 1 N–H and O–H groups in total. The van der Waals surface area contributed by atoms with Crippen molar-refractivity contribution in [1.82, 2.24) is 5.32 Å². The van der Waals surface area contributed by atoms with Crippen LogP contribution in [-0.4, -0.2) is 35.1 Å². The summed E-state index contributed by atoms with van der Waals surface area (Å²) < 4.78 is 34.9. The Bertz CT molecular complexity index is 900. The topological polar surface area (TPSA) is 81.7 Å². The van der Waals surface area contributed by atoms with E-state index < -0.39 is 9.05 Å². The summed E-state index contributed by atoms with van der Waals surface area (Å²) >= 11 is 3.31. The van der Waals surface area contributed by atoms with E-state index in [9.17, 15) is 13.2 Å². The number of rotatable bonds is 7. The van der Waals surface area contributed by atoms with Crippen LogP contribution in [0.15, 0.2) is 45.8 Å². The second-order valence-electron chi connectivity index (χ2n) is 5.27. The van der Waals surface area contributed by atoms with E-state index in [4.69, 9.17) is 20.2 Å². The van der Waals surface area contributed by atoms with Crippen molar-refractivity contribution in [1.29, 1.82) is 0 Å². The molecule has 0 unspecified atom stereocenters. The predicted molar refractivity (Wildman–Crippen MR) is 103 cm³/mol. The molecule has 6 nitrogen and oxygen atoms in total. The maximum absolute atomic E-state index is 12.1. The first kappa shape index (κ1) is 20.5. The van der Waals surface area contributed by atoms with Gasteiger partial charge in [0.05, 0.1) is 19.1 Å². The Labute approximate surface area is 165 Å². The lowest BCUT2D eigenvalue weighted by Crippen LogP contribution is -2.26. The van der Waals surface area contributed by atoms with Crippen molar-refractivity contribution in [3.63, 3.8) is 0 Å². The van der Waals surface area contributed by atoms with Crippen LogP contribution < -0.4 is 14.8 Å². The molecular weight excluding hydrogens is 446 g/mol. The number of hydrogen-bond acceptors (Lipinski definition) is 5. The van der Waals surface area contributed by atoms with Crippen LogP contribution in [0.3, 0.4) is 0 Å². The van der Waals surface area contributed by atoms with Gasteiger partial charge in [-0.05, 0) is 42.3 Å². The minimum absolute atomic E-state index is 0.0743. The van der Waals surface area contributed by atoms with Crippen LogP contribution in [0.2, 0.25) is 0 Å². The summed E-state index contributed by atoms with van der Waals surface area (Å²) in [7, 11) is 4.40. The molecule has 0 spiro atoms. The highest BCUT2D eigenvalue weighted by molar-refractivity contribution is 9.10. The third-order valence-electron chi connectivity index (χ3n) is 3.62. The first-order valence-electron chi connectivity index (χ1n) is 7.49. The molecule has 26 heavy (non-hydrogen) atoms. The van der Waals surface area contributed by atoms with Gasteiger partial charge < -0.3 is 14.8 Å². The molecule has 0 saturated carbocycles. The lowest BCUT2D eigenvalue weighted by Gasteiger charge is -2.13. The van der Waals surface area contributed by atoms with Gasteiger partial charge in [-0.3, -0.25) is 4.79 Å². The number of halogens is 2. The summed E-state index contributed by atoms with van der Waals surface area (Å²) in [5.74, 6) is 0.383. The van der Waals surface area contributed by atoms with Gasteiger partial charge in [-0.1, -0.05) is 15.9 Å². The van der Waals surface area contributed by atoms with Gasteiger partial charge in [0.2, 0.25) is 0 Å². The smallest absolute Gasteiger partial charge is 0.261 e. The molecule has 9 heteroatoms. The van der Waals surface area contributed by atoms with E-state index in [1.54, 1.807) is 30.3 Å². The summed E-state index contributed by atoms with van der Waals surface area (Å²) in [6, 6.07) is 9.75. The monoisotopic (exact) mass is 461 g/mol. The van der Waals surface area contributed by atoms with Crippen molar-refractivity contribution in [3.8, 4) is 11.5 Å². The van der Waals surface area contributed by atoms with Crippen LogP contribution in [0.1, 0.15) is 15.9 Å². The number of benzene rings is 2. The third kappa shape index (κ3) is 5.12. The van der Waals surface area contributed by atoms with Gasteiger partial charge in [0.15, 0.2) is 11.5 Å². The zero-order valence-electron chi connectivity index (χ0n) is 14.1. The molecule has 0 fully saturated rings. The summed E-state index contributed by atoms with van der Waals surface area (Å²) in [5.41, 5.74) is 0.930. The van der Waals surface area contributed by atoms with Gasteiger partial charge in [-0.2, -0.15) is 0 Å². The molecule has 0 aromatic heterocycles. The molecule has 0 aliphatic heterocycles. The van der Waals surface area contributed by atoms with E-state index in [1.165, 1.54) is 20.3 Å². The van der Waals surface area contributed by atoms with Crippen molar-refractivity contribution in [2.75, 3.05) is 20.8 Å². The van der Waals surface area contributed by atoms with E-state index in [-0.39, 0.29) is 29.5 Å². The molecule has 0 aliphatic rings. The number of hydrogen-bond donors (Lipinski definition) is 1. The highest BCUT2D eigenvalue weighted by Crippen LogP contribution is 2.34. The van der Waals surface area contributed by atoms with Crippen molar-refractivity contribution >= 4 is 41.6 Å². The molecule has 0 bridgehead atoms. The van der Waals surface area contributed by atoms with Gasteiger partial charge in [0.1, 0.15) is 0 Å². The van der Waals surface area contributed by atoms with Crippen molar-refractivity contribution in [2.24, 2.45) is 0 Å². The van der Waals surface area contributed by atoms with Gasteiger partial charge in [-0.25, -0.2) is 8.42 Å². The molecule has 2 aromatic carbocycles. The molecule has 0 atom stereocenters. The Balaban J connectivity index is 2.17. The fraction of sp³-hybridized carbons (Fsp3) is 0.235. The molecule has 0 radical (unpaired) electrons.